The molecule has 108 valence electrons. The van der Waals surface area contributed by atoms with E-state index < -0.39 is 0 Å². The van der Waals surface area contributed by atoms with Crippen LogP contribution in [0.1, 0.15) is 30.1 Å². The summed E-state index contributed by atoms with van der Waals surface area (Å²) >= 11 is 6.35. The lowest BCUT2D eigenvalue weighted by Crippen LogP contribution is -2.18. The summed E-state index contributed by atoms with van der Waals surface area (Å²) in [4.78, 5) is 7.19. The van der Waals surface area contributed by atoms with Crippen molar-refractivity contribution in [2.75, 3.05) is 20.1 Å². The SMILES string of the molecule is Cc1cccc2c1nc(C(C)Cl)n2CC1CCN(C)C1. The van der Waals surface area contributed by atoms with Crippen LogP contribution in [0.5, 0.6) is 0 Å². The van der Waals surface area contributed by atoms with Crippen LogP contribution in [-0.2, 0) is 6.54 Å². The minimum Gasteiger partial charge on any atom is -0.326 e. The number of imidazole rings is 1. The number of fused-ring (bicyclic) bond motifs is 1. The highest BCUT2D eigenvalue weighted by atomic mass is 35.5. The molecule has 0 radical (unpaired) electrons. The molecule has 4 heteroatoms. The van der Waals surface area contributed by atoms with Crippen LogP contribution in [-0.4, -0.2) is 34.6 Å². The average Bonchev–Trinajstić information content (AvgIpc) is 2.96. The van der Waals surface area contributed by atoms with E-state index in [2.05, 4.69) is 41.6 Å². The molecule has 0 amide bonds. The van der Waals surface area contributed by atoms with Gasteiger partial charge >= 0.3 is 0 Å². The van der Waals surface area contributed by atoms with Crippen LogP contribution in [0, 0.1) is 12.8 Å². The monoisotopic (exact) mass is 291 g/mol. The molecule has 2 aromatic rings. The first-order valence-electron chi connectivity index (χ1n) is 7.34. The maximum atomic E-state index is 6.35. The first kappa shape index (κ1) is 13.9. The molecule has 1 aromatic carbocycles. The third-order valence-corrected chi connectivity index (χ3v) is 4.49. The van der Waals surface area contributed by atoms with Crippen LogP contribution < -0.4 is 0 Å². The lowest BCUT2D eigenvalue weighted by molar-refractivity contribution is 0.377. The van der Waals surface area contributed by atoms with Crippen molar-refractivity contribution < 1.29 is 0 Å². The topological polar surface area (TPSA) is 21.1 Å². The summed E-state index contributed by atoms with van der Waals surface area (Å²) in [5, 5.41) is -0.0547. The summed E-state index contributed by atoms with van der Waals surface area (Å²) in [5.74, 6) is 1.71. The molecule has 1 aliphatic heterocycles. The molecule has 2 atom stereocenters. The molecule has 0 aliphatic carbocycles. The van der Waals surface area contributed by atoms with Crippen LogP contribution in [0.3, 0.4) is 0 Å². The Balaban J connectivity index is 2.03. The summed E-state index contributed by atoms with van der Waals surface area (Å²) in [6.45, 7) is 7.52. The second-order valence-electron chi connectivity index (χ2n) is 6.06. The fraction of sp³-hybridized carbons (Fsp3) is 0.562. The van der Waals surface area contributed by atoms with Crippen LogP contribution in [0.2, 0.25) is 0 Å². The number of aromatic nitrogens is 2. The molecule has 1 saturated heterocycles. The smallest absolute Gasteiger partial charge is 0.127 e. The molecule has 3 rings (SSSR count). The van der Waals surface area contributed by atoms with Crippen LogP contribution in [0.25, 0.3) is 11.0 Å². The number of hydrogen-bond acceptors (Lipinski definition) is 2. The molecule has 0 bridgehead atoms. The highest BCUT2D eigenvalue weighted by Crippen LogP contribution is 2.28. The molecule has 3 nitrogen and oxygen atoms in total. The Morgan fingerprint density at radius 1 is 1.45 bits per heavy atom. The van der Waals surface area contributed by atoms with Gasteiger partial charge in [0.1, 0.15) is 5.82 Å². The Bertz CT molecular complexity index is 617. The van der Waals surface area contributed by atoms with Crippen LogP contribution in [0.15, 0.2) is 18.2 Å². The van der Waals surface area contributed by atoms with E-state index >= 15 is 0 Å². The van der Waals surface area contributed by atoms with Gasteiger partial charge in [0, 0.05) is 13.1 Å². The predicted octanol–water partition coefficient (Wildman–Crippen LogP) is 3.60. The van der Waals surface area contributed by atoms with Crippen LogP contribution >= 0.6 is 11.6 Å². The number of para-hydroxylation sites is 1. The number of halogens is 1. The largest absolute Gasteiger partial charge is 0.326 e. The van der Waals surface area contributed by atoms with E-state index in [-0.39, 0.29) is 5.38 Å². The van der Waals surface area contributed by atoms with E-state index in [9.17, 15) is 0 Å². The van der Waals surface area contributed by atoms with Crippen molar-refractivity contribution in [3.63, 3.8) is 0 Å². The molecule has 0 saturated carbocycles. The third kappa shape index (κ3) is 2.45. The van der Waals surface area contributed by atoms with Crippen molar-refractivity contribution in [2.24, 2.45) is 5.92 Å². The third-order valence-electron chi connectivity index (χ3n) is 4.30. The van der Waals surface area contributed by atoms with Crippen molar-refractivity contribution in [3.05, 3.63) is 29.6 Å². The van der Waals surface area contributed by atoms with Gasteiger partial charge in [0.2, 0.25) is 0 Å². The Morgan fingerprint density at radius 3 is 2.90 bits per heavy atom. The first-order valence-corrected chi connectivity index (χ1v) is 7.78. The van der Waals surface area contributed by atoms with Crippen LogP contribution in [0.4, 0.5) is 0 Å². The summed E-state index contributed by atoms with van der Waals surface area (Å²) < 4.78 is 2.34. The summed E-state index contributed by atoms with van der Waals surface area (Å²) in [5.41, 5.74) is 3.55. The second kappa shape index (κ2) is 5.38. The first-order chi connectivity index (χ1) is 9.56. The molecule has 20 heavy (non-hydrogen) atoms. The Kier molecular flexibility index (Phi) is 3.74. The lowest BCUT2D eigenvalue weighted by atomic mass is 10.1. The van der Waals surface area contributed by atoms with Gasteiger partial charge in [0.05, 0.1) is 16.4 Å². The number of aryl methyl sites for hydroxylation is 1. The minimum absolute atomic E-state index is 0.0547. The molecule has 0 spiro atoms. The van der Waals surface area contributed by atoms with Gasteiger partial charge in [-0.3, -0.25) is 0 Å². The maximum Gasteiger partial charge on any atom is 0.127 e. The van der Waals surface area contributed by atoms with E-state index in [0.717, 1.165) is 17.9 Å². The minimum atomic E-state index is -0.0547. The fourth-order valence-electron chi connectivity index (χ4n) is 3.23. The number of nitrogens with zero attached hydrogens (tertiary/aromatic N) is 3. The zero-order chi connectivity index (χ0) is 14.3. The molecular formula is C16H22ClN3. The number of rotatable bonds is 3. The molecule has 1 aliphatic rings. The zero-order valence-corrected chi connectivity index (χ0v) is 13.2. The van der Waals surface area contributed by atoms with Crippen molar-refractivity contribution >= 4 is 22.6 Å². The van der Waals surface area contributed by atoms with E-state index in [1.807, 2.05) is 6.92 Å². The van der Waals surface area contributed by atoms with Crippen molar-refractivity contribution in [1.29, 1.82) is 0 Å². The molecule has 1 aromatic heterocycles. The van der Waals surface area contributed by atoms with Crippen molar-refractivity contribution in [1.82, 2.24) is 14.5 Å². The zero-order valence-electron chi connectivity index (χ0n) is 12.4. The van der Waals surface area contributed by atoms with Gasteiger partial charge in [-0.1, -0.05) is 12.1 Å². The number of alkyl halides is 1. The summed E-state index contributed by atoms with van der Waals surface area (Å²) in [6, 6.07) is 6.39. The fourth-order valence-corrected chi connectivity index (χ4v) is 3.40. The molecule has 2 unspecified atom stereocenters. The Labute approximate surface area is 125 Å². The maximum absolute atomic E-state index is 6.35. The Morgan fingerprint density at radius 2 is 2.25 bits per heavy atom. The predicted molar refractivity (Wildman–Crippen MR) is 84.3 cm³/mol. The van der Waals surface area contributed by atoms with Gasteiger partial charge in [-0.25, -0.2) is 4.98 Å². The van der Waals surface area contributed by atoms with Crippen molar-refractivity contribution in [2.45, 2.75) is 32.2 Å². The summed E-state index contributed by atoms with van der Waals surface area (Å²) in [6.07, 6.45) is 1.26. The Hall–Kier alpha value is -1.06. The van der Waals surface area contributed by atoms with Gasteiger partial charge in [-0.2, -0.15) is 0 Å². The van der Waals surface area contributed by atoms with E-state index in [4.69, 9.17) is 16.6 Å². The van der Waals surface area contributed by atoms with Gasteiger partial charge in [0.15, 0.2) is 0 Å². The van der Waals surface area contributed by atoms with E-state index in [0.29, 0.717) is 5.92 Å². The van der Waals surface area contributed by atoms with E-state index in [1.165, 1.54) is 30.6 Å². The normalized spacial score (nSPS) is 21.7. The highest BCUT2D eigenvalue weighted by molar-refractivity contribution is 6.20. The number of hydrogen-bond donors (Lipinski definition) is 0. The van der Waals surface area contributed by atoms with Gasteiger partial charge in [0.25, 0.3) is 0 Å². The van der Waals surface area contributed by atoms with Gasteiger partial charge in [-0.15, -0.1) is 11.6 Å². The highest BCUT2D eigenvalue weighted by Gasteiger charge is 2.23. The lowest BCUT2D eigenvalue weighted by Gasteiger charge is -2.15. The summed E-state index contributed by atoms with van der Waals surface area (Å²) in [7, 11) is 2.20. The average molecular weight is 292 g/mol. The van der Waals surface area contributed by atoms with E-state index in [1.54, 1.807) is 0 Å². The molecule has 1 fully saturated rings. The second-order valence-corrected chi connectivity index (χ2v) is 6.71. The molecular weight excluding hydrogens is 270 g/mol. The van der Waals surface area contributed by atoms with Gasteiger partial charge in [-0.05, 0) is 51.4 Å². The standard InChI is InChI=1S/C16H22ClN3/c1-11-5-4-6-14-15(11)18-16(12(2)17)20(14)10-13-7-8-19(3)9-13/h4-6,12-13H,7-10H2,1-3H3. The number of benzene rings is 1. The van der Waals surface area contributed by atoms with Gasteiger partial charge < -0.3 is 9.47 Å². The molecule has 0 N–H and O–H groups in total. The van der Waals surface area contributed by atoms with Crippen molar-refractivity contribution in [3.8, 4) is 0 Å². The molecule has 2 heterocycles. The quantitative estimate of drug-likeness (QED) is 0.806. The number of likely N-dealkylation sites (tertiary alicyclic amines) is 1.